The van der Waals surface area contributed by atoms with Crippen LogP contribution in [-0.4, -0.2) is 47.6 Å². The average Bonchev–Trinajstić information content (AvgIpc) is 2.84. The number of aliphatic carboxylic acids is 1. The Bertz CT molecular complexity index is 1140. The number of thioether (sulfide) groups is 1. The van der Waals surface area contributed by atoms with Gasteiger partial charge in [0.05, 0.1) is 17.6 Å². The van der Waals surface area contributed by atoms with Crippen molar-refractivity contribution in [3.8, 4) is 5.75 Å². The van der Waals surface area contributed by atoms with Crippen molar-refractivity contribution < 1.29 is 46.2 Å². The van der Waals surface area contributed by atoms with E-state index in [9.17, 15) is 36.3 Å². The van der Waals surface area contributed by atoms with Crippen LogP contribution in [0.2, 0.25) is 0 Å². The molecule has 0 unspecified atom stereocenters. The molecule has 0 atom stereocenters. The molecule has 0 aliphatic heterocycles. The molecule has 1 aliphatic rings. The van der Waals surface area contributed by atoms with E-state index in [1.807, 2.05) is 0 Å². The normalized spacial score (nSPS) is 17.6. The van der Waals surface area contributed by atoms with Crippen molar-refractivity contribution in [1.82, 2.24) is 10.6 Å². The molecule has 0 heterocycles. The van der Waals surface area contributed by atoms with Crippen molar-refractivity contribution in [2.24, 2.45) is 5.92 Å². The number of alkyl halides is 3. The van der Waals surface area contributed by atoms with Crippen LogP contribution in [0.5, 0.6) is 5.75 Å². The Labute approximate surface area is 212 Å². The lowest BCUT2D eigenvalue weighted by Crippen LogP contribution is -2.35. The van der Waals surface area contributed by atoms with E-state index in [1.165, 1.54) is 12.1 Å². The third-order valence-electron chi connectivity index (χ3n) is 5.65. The second-order valence-electron chi connectivity index (χ2n) is 8.25. The molecule has 1 aliphatic carbocycles. The van der Waals surface area contributed by atoms with Gasteiger partial charge in [-0.1, -0.05) is 0 Å². The molecule has 0 radical (unpaired) electrons. The molecule has 0 bridgehead atoms. The Morgan fingerprint density at radius 3 is 2.05 bits per heavy atom. The largest absolute Gasteiger partial charge is 0.487 e. The van der Waals surface area contributed by atoms with Crippen molar-refractivity contribution >= 4 is 29.5 Å². The molecule has 2 amide bonds. The summed E-state index contributed by atoms with van der Waals surface area (Å²) in [6.07, 6.45) is 1.02. The fraction of sp³-hybridized carbons (Fsp3) is 0.375. The van der Waals surface area contributed by atoms with Crippen LogP contribution >= 0.6 is 11.8 Å². The van der Waals surface area contributed by atoms with Gasteiger partial charge in [0, 0.05) is 23.5 Å². The summed E-state index contributed by atoms with van der Waals surface area (Å²) in [6, 6.07) is 6.94. The van der Waals surface area contributed by atoms with Crippen molar-refractivity contribution in [2.45, 2.75) is 42.2 Å². The van der Waals surface area contributed by atoms with Gasteiger partial charge in [-0.15, -0.1) is 0 Å². The summed E-state index contributed by atoms with van der Waals surface area (Å²) in [7, 11) is 0. The van der Waals surface area contributed by atoms with E-state index in [2.05, 4.69) is 10.6 Å². The van der Waals surface area contributed by atoms with Crippen LogP contribution in [0.3, 0.4) is 0 Å². The highest BCUT2D eigenvalue weighted by Gasteiger charge is 2.30. The zero-order valence-corrected chi connectivity index (χ0v) is 20.1. The van der Waals surface area contributed by atoms with Crippen LogP contribution in [0, 0.1) is 17.6 Å². The number of hydrogen-bond donors (Lipinski definition) is 3. The minimum atomic E-state index is -4.44. The number of hydrogen-bond acceptors (Lipinski definition) is 5. The Kier molecular flexibility index (Phi) is 9.35. The summed E-state index contributed by atoms with van der Waals surface area (Å²) >= 11 is -0.308. The fourth-order valence-electron chi connectivity index (χ4n) is 3.76. The van der Waals surface area contributed by atoms with Gasteiger partial charge >= 0.3 is 11.5 Å². The maximum absolute atomic E-state index is 14.5. The van der Waals surface area contributed by atoms with Gasteiger partial charge in [-0.2, -0.15) is 17.6 Å². The summed E-state index contributed by atoms with van der Waals surface area (Å²) in [5.41, 5.74) is -4.90. The van der Waals surface area contributed by atoms with Crippen LogP contribution < -0.4 is 15.4 Å². The number of amides is 2. The quantitative estimate of drug-likeness (QED) is 0.238. The molecule has 0 aromatic heterocycles. The topological polar surface area (TPSA) is 105 Å². The fourth-order valence-corrected chi connectivity index (χ4v) is 4.30. The number of ether oxygens (including phenoxy) is 1. The zero-order chi connectivity index (χ0) is 27.2. The lowest BCUT2D eigenvalue weighted by Gasteiger charge is -2.27. The molecule has 2 aromatic rings. The molecule has 200 valence electrons. The second-order valence-corrected chi connectivity index (χ2v) is 9.39. The van der Waals surface area contributed by atoms with Gasteiger partial charge in [0.25, 0.3) is 11.8 Å². The Morgan fingerprint density at radius 1 is 0.892 bits per heavy atom. The highest BCUT2D eigenvalue weighted by Crippen LogP contribution is 2.36. The molecule has 1 saturated carbocycles. The number of halogens is 5. The maximum atomic E-state index is 14.5. The first-order chi connectivity index (χ1) is 17.4. The van der Waals surface area contributed by atoms with Gasteiger partial charge < -0.3 is 20.5 Å². The van der Waals surface area contributed by atoms with Gasteiger partial charge in [0.1, 0.15) is 0 Å². The van der Waals surface area contributed by atoms with E-state index in [1.54, 1.807) is 0 Å². The number of nitrogens with one attached hydrogen (secondary N) is 2. The Morgan fingerprint density at radius 2 is 1.49 bits per heavy atom. The van der Waals surface area contributed by atoms with Gasteiger partial charge in [-0.25, -0.2) is 4.39 Å². The third-order valence-corrected chi connectivity index (χ3v) is 6.39. The van der Waals surface area contributed by atoms with E-state index in [0.717, 1.165) is 24.3 Å². The van der Waals surface area contributed by atoms with Crippen molar-refractivity contribution in [2.75, 3.05) is 13.1 Å². The number of carboxylic acid groups (broad SMARTS) is 1. The predicted octanol–water partition coefficient (Wildman–Crippen LogP) is 4.76. The highest BCUT2D eigenvalue weighted by atomic mass is 32.2. The molecule has 7 nitrogen and oxygen atoms in total. The highest BCUT2D eigenvalue weighted by molar-refractivity contribution is 8.00. The number of carboxylic acids is 1. The lowest BCUT2D eigenvalue weighted by molar-refractivity contribution is -0.143. The Hall–Kier alpha value is -3.35. The van der Waals surface area contributed by atoms with E-state index in [4.69, 9.17) is 9.84 Å². The first-order valence-electron chi connectivity index (χ1n) is 11.2. The smallest absolute Gasteiger partial charge is 0.446 e. The summed E-state index contributed by atoms with van der Waals surface area (Å²) in [6.45, 7) is -0.202. The summed E-state index contributed by atoms with van der Waals surface area (Å²) in [4.78, 5) is 35.3. The minimum absolute atomic E-state index is 0.0755. The zero-order valence-electron chi connectivity index (χ0n) is 19.2. The average molecular weight is 547 g/mol. The first kappa shape index (κ1) is 28.2. The van der Waals surface area contributed by atoms with Crippen molar-refractivity contribution in [3.05, 3.63) is 59.2 Å². The molecule has 0 saturated heterocycles. The van der Waals surface area contributed by atoms with Crippen LogP contribution in [0.4, 0.5) is 22.0 Å². The predicted molar refractivity (Wildman–Crippen MR) is 123 cm³/mol. The SMILES string of the molecule is O=C(NCCNC(=O)c1ccc(OC2CCC(C(=O)O)CC2)c(F)c1F)c1ccc(SC(F)(F)F)cc1. The monoisotopic (exact) mass is 546 g/mol. The van der Waals surface area contributed by atoms with Gasteiger partial charge in [0.2, 0.25) is 5.82 Å². The molecule has 0 spiro atoms. The molecule has 3 N–H and O–H groups in total. The molecular formula is C24H23F5N2O5S. The third kappa shape index (κ3) is 8.07. The van der Waals surface area contributed by atoms with Gasteiger partial charge in [0.15, 0.2) is 11.6 Å². The molecular weight excluding hydrogens is 523 g/mol. The number of carbonyl (C=O) groups is 3. The molecule has 3 rings (SSSR count). The van der Waals surface area contributed by atoms with Gasteiger partial charge in [-0.05, 0) is 73.8 Å². The van der Waals surface area contributed by atoms with Crippen molar-refractivity contribution in [1.29, 1.82) is 0 Å². The maximum Gasteiger partial charge on any atom is 0.446 e. The van der Waals surface area contributed by atoms with Crippen LogP contribution in [0.25, 0.3) is 0 Å². The Balaban J connectivity index is 1.46. The molecule has 13 heteroatoms. The standard InChI is InChI=1S/C24H23F5N2O5S/c25-19-17(9-10-18(20(19)26)36-15-5-1-14(2-6-15)23(34)35)22(33)31-12-11-30-21(32)13-3-7-16(8-4-13)37-24(27,28)29/h3-4,7-10,14-15H,1-2,5-6,11-12H2,(H,30,32)(H,31,33)(H,34,35). The van der Waals surface area contributed by atoms with Crippen molar-refractivity contribution in [3.63, 3.8) is 0 Å². The lowest BCUT2D eigenvalue weighted by atomic mass is 9.87. The molecule has 37 heavy (non-hydrogen) atoms. The van der Waals surface area contributed by atoms with Crippen LogP contribution in [0.1, 0.15) is 46.4 Å². The van der Waals surface area contributed by atoms with E-state index in [0.29, 0.717) is 25.7 Å². The molecule has 2 aromatic carbocycles. The summed E-state index contributed by atoms with van der Waals surface area (Å²) < 4.78 is 71.6. The number of carbonyl (C=O) groups excluding carboxylic acids is 2. The number of benzene rings is 2. The summed E-state index contributed by atoms with van der Waals surface area (Å²) in [5, 5.41) is 13.8. The van der Waals surface area contributed by atoms with E-state index < -0.39 is 52.5 Å². The van der Waals surface area contributed by atoms with Crippen LogP contribution in [-0.2, 0) is 4.79 Å². The van der Waals surface area contributed by atoms with Crippen LogP contribution in [0.15, 0.2) is 41.3 Å². The number of rotatable bonds is 9. The van der Waals surface area contributed by atoms with E-state index >= 15 is 0 Å². The minimum Gasteiger partial charge on any atom is -0.487 e. The molecule has 1 fully saturated rings. The summed E-state index contributed by atoms with van der Waals surface area (Å²) in [5.74, 6) is -6.02. The van der Waals surface area contributed by atoms with E-state index in [-0.39, 0.29) is 41.1 Å². The second kappa shape index (κ2) is 12.3. The van der Waals surface area contributed by atoms with Gasteiger partial charge in [-0.3, -0.25) is 14.4 Å². The first-order valence-corrected chi connectivity index (χ1v) is 12.1.